The monoisotopic (exact) mass is 314 g/mol. The Balaban J connectivity index is 3.18. The van der Waals surface area contributed by atoms with Crippen LogP contribution in [0.3, 0.4) is 0 Å². The lowest BCUT2D eigenvalue weighted by Crippen LogP contribution is -2.19. The van der Waals surface area contributed by atoms with E-state index in [9.17, 15) is 18.0 Å². The van der Waals surface area contributed by atoms with Crippen LogP contribution in [-0.4, -0.2) is 17.5 Å². The first-order chi connectivity index (χ1) is 7.35. The van der Waals surface area contributed by atoms with Crippen molar-refractivity contribution in [3.63, 3.8) is 0 Å². The molecule has 1 rings (SSSR count). The van der Waals surface area contributed by atoms with E-state index in [-0.39, 0.29) is 15.8 Å². The van der Waals surface area contributed by atoms with Gasteiger partial charge in [0, 0.05) is 4.90 Å². The van der Waals surface area contributed by atoms with Crippen LogP contribution in [0, 0.1) is 0 Å². The molecule has 0 aliphatic heterocycles. The molecule has 0 fully saturated rings. The van der Waals surface area contributed by atoms with Gasteiger partial charge in [0.05, 0.1) is 10.9 Å². The predicted octanol–water partition coefficient (Wildman–Crippen LogP) is 3.45. The summed E-state index contributed by atoms with van der Waals surface area (Å²) >= 11 is 6.80. The van der Waals surface area contributed by atoms with E-state index in [2.05, 4.69) is 33.3 Å². The zero-order chi connectivity index (χ0) is 12.3. The minimum atomic E-state index is -4.83. The number of Topliss-reactive ketones (excluding diaryl/α,β-unsaturated/α-hetero) is 1. The minimum Gasteiger partial charge on any atom is -0.405 e. The van der Waals surface area contributed by atoms with Crippen LogP contribution in [0.15, 0.2) is 23.1 Å². The fourth-order valence-corrected chi connectivity index (χ4v) is 1.68. The molecule has 88 valence electrons. The maximum atomic E-state index is 12.1. The molecular formula is C9H6BrF3O2S. The number of ether oxygens (including phenoxy) is 1. The Hall–Kier alpha value is -0.690. The molecule has 0 heterocycles. The molecule has 0 aliphatic rings. The highest BCUT2D eigenvalue weighted by atomic mass is 79.9. The van der Waals surface area contributed by atoms with E-state index in [1.54, 1.807) is 0 Å². The van der Waals surface area contributed by atoms with E-state index in [0.717, 1.165) is 6.07 Å². The lowest BCUT2D eigenvalue weighted by atomic mass is 10.1. The number of halogens is 4. The van der Waals surface area contributed by atoms with Gasteiger partial charge in [-0.1, -0.05) is 22.0 Å². The van der Waals surface area contributed by atoms with Crippen molar-refractivity contribution < 1.29 is 22.7 Å². The first kappa shape index (κ1) is 13.4. The molecular weight excluding hydrogens is 309 g/mol. The van der Waals surface area contributed by atoms with Crippen LogP contribution < -0.4 is 4.74 Å². The molecule has 1 aromatic carbocycles. The van der Waals surface area contributed by atoms with E-state index in [4.69, 9.17) is 0 Å². The van der Waals surface area contributed by atoms with Gasteiger partial charge in [0.15, 0.2) is 5.78 Å². The van der Waals surface area contributed by atoms with Crippen LogP contribution >= 0.6 is 28.6 Å². The van der Waals surface area contributed by atoms with Gasteiger partial charge in [-0.05, 0) is 12.1 Å². The highest BCUT2D eigenvalue weighted by Crippen LogP contribution is 2.30. The highest BCUT2D eigenvalue weighted by molar-refractivity contribution is 9.09. The second kappa shape index (κ2) is 5.09. The lowest BCUT2D eigenvalue weighted by molar-refractivity contribution is -0.274. The van der Waals surface area contributed by atoms with Gasteiger partial charge in [0.2, 0.25) is 0 Å². The molecule has 0 radical (unpaired) electrons. The number of hydrogen-bond acceptors (Lipinski definition) is 3. The van der Waals surface area contributed by atoms with Crippen LogP contribution in [0.25, 0.3) is 0 Å². The van der Waals surface area contributed by atoms with Gasteiger partial charge < -0.3 is 4.74 Å². The van der Waals surface area contributed by atoms with Gasteiger partial charge >= 0.3 is 6.36 Å². The predicted molar refractivity (Wildman–Crippen MR) is 58.5 cm³/mol. The number of benzene rings is 1. The van der Waals surface area contributed by atoms with Crippen LogP contribution in [0.2, 0.25) is 0 Å². The first-order valence-electron chi connectivity index (χ1n) is 4.02. The Kier molecular flexibility index (Phi) is 4.26. The summed E-state index contributed by atoms with van der Waals surface area (Å²) in [5.74, 6) is -1.06. The average Bonchev–Trinajstić information content (AvgIpc) is 2.14. The number of hydrogen-bond donors (Lipinski definition) is 1. The molecule has 1 aromatic rings. The summed E-state index contributed by atoms with van der Waals surface area (Å²) in [5, 5.41) is -0.0984. The zero-order valence-electron chi connectivity index (χ0n) is 7.71. The molecule has 16 heavy (non-hydrogen) atoms. The molecule has 7 heteroatoms. The number of alkyl halides is 4. The Bertz CT molecular complexity index is 406. The second-order valence-electron chi connectivity index (χ2n) is 2.75. The molecule has 0 aromatic heterocycles. The van der Waals surface area contributed by atoms with Gasteiger partial charge in [-0.25, -0.2) is 0 Å². The second-order valence-corrected chi connectivity index (χ2v) is 3.80. The standard InChI is InChI=1S/C9H6BrF3O2S/c10-4-5(14)8-6(15-9(11,12)13)2-1-3-7(8)16/h1-3,16H,4H2. The van der Waals surface area contributed by atoms with Crippen molar-refractivity contribution in [2.45, 2.75) is 11.3 Å². The SMILES string of the molecule is O=C(CBr)c1c(S)cccc1OC(F)(F)F. The Labute approximate surface area is 103 Å². The molecule has 0 saturated carbocycles. The molecule has 0 N–H and O–H groups in total. The fraction of sp³-hybridized carbons (Fsp3) is 0.222. The van der Waals surface area contributed by atoms with E-state index in [1.165, 1.54) is 12.1 Å². The quantitative estimate of drug-likeness (QED) is 0.525. The summed E-state index contributed by atoms with van der Waals surface area (Å²) in [4.78, 5) is 11.5. The summed E-state index contributed by atoms with van der Waals surface area (Å²) in [6.45, 7) is 0. The van der Waals surface area contributed by atoms with Crippen LogP contribution in [0.4, 0.5) is 13.2 Å². The number of thiol groups is 1. The third-order valence-electron chi connectivity index (χ3n) is 1.63. The van der Waals surface area contributed by atoms with Crippen molar-refractivity contribution in [2.75, 3.05) is 5.33 Å². The third kappa shape index (κ3) is 3.41. The van der Waals surface area contributed by atoms with Crippen molar-refractivity contribution in [1.82, 2.24) is 0 Å². The lowest BCUT2D eigenvalue weighted by Gasteiger charge is -2.13. The topological polar surface area (TPSA) is 26.3 Å². The van der Waals surface area contributed by atoms with E-state index in [1.807, 2.05) is 0 Å². The minimum absolute atomic E-state index is 0.0984. The maximum absolute atomic E-state index is 12.1. The molecule has 2 nitrogen and oxygen atoms in total. The molecule has 0 spiro atoms. The summed E-state index contributed by atoms with van der Waals surface area (Å²) in [7, 11) is 0. The van der Waals surface area contributed by atoms with Crippen molar-refractivity contribution in [3.05, 3.63) is 23.8 Å². The zero-order valence-corrected chi connectivity index (χ0v) is 10.2. The fourth-order valence-electron chi connectivity index (χ4n) is 1.08. The number of ketones is 1. The summed E-state index contributed by atoms with van der Waals surface area (Å²) in [6, 6.07) is 3.82. The molecule has 0 atom stereocenters. The van der Waals surface area contributed by atoms with Crippen LogP contribution in [0.5, 0.6) is 5.75 Å². The van der Waals surface area contributed by atoms with Gasteiger partial charge in [-0.2, -0.15) is 0 Å². The molecule has 0 unspecified atom stereocenters. The van der Waals surface area contributed by atoms with Gasteiger partial charge in [-0.15, -0.1) is 25.8 Å². The maximum Gasteiger partial charge on any atom is 0.573 e. The summed E-state index contributed by atoms with van der Waals surface area (Å²) in [6.07, 6.45) is -4.83. The van der Waals surface area contributed by atoms with Crippen molar-refractivity contribution >= 4 is 34.3 Å². The molecule has 0 aliphatic carbocycles. The Morgan fingerprint density at radius 3 is 2.56 bits per heavy atom. The molecule has 0 bridgehead atoms. The number of rotatable bonds is 3. The number of carbonyl (C=O) groups excluding carboxylic acids is 1. The van der Waals surface area contributed by atoms with E-state index >= 15 is 0 Å². The highest BCUT2D eigenvalue weighted by Gasteiger charge is 2.33. The molecule has 0 amide bonds. The van der Waals surface area contributed by atoms with Gasteiger partial charge in [-0.3, -0.25) is 4.79 Å². The average molecular weight is 315 g/mol. The molecule has 0 saturated heterocycles. The number of carbonyl (C=O) groups is 1. The summed E-state index contributed by atoms with van der Waals surface area (Å²) < 4.78 is 39.9. The van der Waals surface area contributed by atoms with E-state index < -0.39 is 17.9 Å². The van der Waals surface area contributed by atoms with Crippen molar-refractivity contribution in [1.29, 1.82) is 0 Å². The third-order valence-corrected chi connectivity index (χ3v) is 2.51. The van der Waals surface area contributed by atoms with Gasteiger partial charge in [0.1, 0.15) is 5.75 Å². The van der Waals surface area contributed by atoms with Crippen molar-refractivity contribution in [3.8, 4) is 5.75 Å². The smallest absolute Gasteiger partial charge is 0.405 e. The Morgan fingerprint density at radius 2 is 2.06 bits per heavy atom. The Morgan fingerprint density at radius 1 is 1.44 bits per heavy atom. The van der Waals surface area contributed by atoms with E-state index in [0.29, 0.717) is 0 Å². The van der Waals surface area contributed by atoms with Crippen LogP contribution in [0.1, 0.15) is 10.4 Å². The normalized spacial score (nSPS) is 11.3. The summed E-state index contributed by atoms with van der Waals surface area (Å²) in [5.41, 5.74) is -0.181. The van der Waals surface area contributed by atoms with Gasteiger partial charge in [0.25, 0.3) is 0 Å². The first-order valence-corrected chi connectivity index (χ1v) is 5.59. The van der Waals surface area contributed by atoms with Crippen molar-refractivity contribution in [2.24, 2.45) is 0 Å². The van der Waals surface area contributed by atoms with Crippen LogP contribution in [-0.2, 0) is 0 Å². The largest absolute Gasteiger partial charge is 0.573 e.